The average Bonchev–Trinajstić information content (AvgIpc) is 2.89. The number of aromatic nitrogens is 1. The van der Waals surface area contributed by atoms with Crippen molar-refractivity contribution in [2.45, 2.75) is 25.8 Å². The molecule has 4 nitrogen and oxygen atoms in total. The van der Waals surface area contributed by atoms with Crippen molar-refractivity contribution >= 4 is 38.8 Å². The monoisotopic (exact) mass is 365 g/mol. The van der Waals surface area contributed by atoms with E-state index in [9.17, 15) is 14.4 Å². The Labute approximate surface area is 133 Å². The second-order valence-electron chi connectivity index (χ2n) is 4.92. The van der Waals surface area contributed by atoms with Gasteiger partial charge in [0.25, 0.3) is 5.56 Å². The summed E-state index contributed by atoms with van der Waals surface area (Å²) in [6.45, 7) is -0.0117. The van der Waals surface area contributed by atoms with E-state index in [2.05, 4.69) is 15.9 Å². The van der Waals surface area contributed by atoms with Crippen molar-refractivity contribution in [2.24, 2.45) is 0 Å². The molecule has 1 aliphatic carbocycles. The SMILES string of the molecule is O=C(Cn1c2c(ccc1=O)C(=O)CCC2)c1ccc(Br)s1. The first-order valence-corrected chi connectivity index (χ1v) is 8.21. The molecule has 0 bridgehead atoms. The Balaban J connectivity index is 1.99. The summed E-state index contributed by atoms with van der Waals surface area (Å²) in [5, 5.41) is 0. The number of carbonyl (C=O) groups is 2. The number of hydrogen-bond acceptors (Lipinski definition) is 4. The maximum Gasteiger partial charge on any atom is 0.251 e. The molecule has 108 valence electrons. The predicted molar refractivity (Wildman–Crippen MR) is 84.3 cm³/mol. The maximum atomic E-state index is 12.3. The first-order chi connectivity index (χ1) is 10.1. The molecule has 0 saturated carbocycles. The number of ketones is 2. The minimum absolute atomic E-state index is 0.0117. The Morgan fingerprint density at radius 2 is 2.00 bits per heavy atom. The van der Waals surface area contributed by atoms with E-state index in [0.717, 1.165) is 10.2 Å². The number of thiophene rings is 1. The fourth-order valence-electron chi connectivity index (χ4n) is 2.55. The quantitative estimate of drug-likeness (QED) is 0.785. The van der Waals surface area contributed by atoms with E-state index in [4.69, 9.17) is 0 Å². The highest BCUT2D eigenvalue weighted by molar-refractivity contribution is 9.11. The van der Waals surface area contributed by atoms with Gasteiger partial charge in [-0.2, -0.15) is 0 Å². The van der Waals surface area contributed by atoms with Crippen LogP contribution in [0.2, 0.25) is 0 Å². The van der Waals surface area contributed by atoms with Crippen LogP contribution < -0.4 is 5.56 Å². The van der Waals surface area contributed by atoms with Crippen LogP contribution in [0.15, 0.2) is 32.8 Å². The Bertz CT molecular complexity index is 790. The van der Waals surface area contributed by atoms with E-state index in [1.54, 1.807) is 12.1 Å². The highest BCUT2D eigenvalue weighted by atomic mass is 79.9. The minimum atomic E-state index is -0.229. The molecule has 6 heteroatoms. The lowest BCUT2D eigenvalue weighted by atomic mass is 9.94. The standard InChI is InChI=1S/C15H12BrNO3S/c16-14-6-5-13(21-14)12(19)8-17-10-2-1-3-11(18)9(10)4-7-15(17)20/h4-7H,1-3,8H2. The van der Waals surface area contributed by atoms with Crippen LogP contribution in [0.3, 0.4) is 0 Å². The number of pyridine rings is 1. The van der Waals surface area contributed by atoms with Crippen LogP contribution in [-0.2, 0) is 13.0 Å². The van der Waals surface area contributed by atoms with Gasteiger partial charge in [0.1, 0.15) is 0 Å². The maximum absolute atomic E-state index is 12.3. The predicted octanol–water partition coefficient (Wildman–Crippen LogP) is 3.07. The molecule has 1 aliphatic rings. The molecule has 2 aromatic heterocycles. The molecule has 3 rings (SSSR count). The Hall–Kier alpha value is -1.53. The van der Waals surface area contributed by atoms with Gasteiger partial charge < -0.3 is 4.57 Å². The second-order valence-corrected chi connectivity index (χ2v) is 7.38. The van der Waals surface area contributed by atoms with Gasteiger partial charge in [-0.15, -0.1) is 11.3 Å². The van der Waals surface area contributed by atoms with Crippen molar-refractivity contribution < 1.29 is 9.59 Å². The Kier molecular flexibility index (Phi) is 3.91. The highest BCUT2D eigenvalue weighted by Gasteiger charge is 2.22. The number of nitrogens with zero attached hydrogens (tertiary/aromatic N) is 1. The highest BCUT2D eigenvalue weighted by Crippen LogP contribution is 2.24. The van der Waals surface area contributed by atoms with Gasteiger partial charge in [-0.25, -0.2) is 0 Å². The summed E-state index contributed by atoms with van der Waals surface area (Å²) in [6.07, 6.45) is 1.91. The molecule has 0 amide bonds. The fourth-order valence-corrected chi connectivity index (χ4v) is 3.87. The van der Waals surface area contributed by atoms with Crippen molar-refractivity contribution in [3.63, 3.8) is 0 Å². The summed E-state index contributed by atoms with van der Waals surface area (Å²) in [5.41, 5.74) is 1.05. The number of hydrogen-bond donors (Lipinski definition) is 0. The normalized spacial score (nSPS) is 14.0. The van der Waals surface area contributed by atoms with Gasteiger partial charge in [0.05, 0.1) is 15.2 Å². The molecule has 0 N–H and O–H groups in total. The van der Waals surface area contributed by atoms with Gasteiger partial charge in [0.15, 0.2) is 11.6 Å². The lowest BCUT2D eigenvalue weighted by Crippen LogP contribution is -2.30. The molecular weight excluding hydrogens is 354 g/mol. The van der Waals surface area contributed by atoms with Crippen LogP contribution in [0.25, 0.3) is 0 Å². The smallest absolute Gasteiger partial charge is 0.251 e. The van der Waals surface area contributed by atoms with Gasteiger partial charge in [-0.3, -0.25) is 14.4 Å². The molecule has 0 fully saturated rings. The largest absolute Gasteiger partial charge is 0.304 e. The lowest BCUT2D eigenvalue weighted by Gasteiger charge is -2.19. The number of halogens is 1. The van der Waals surface area contributed by atoms with E-state index >= 15 is 0 Å². The molecule has 0 aliphatic heterocycles. The zero-order valence-electron chi connectivity index (χ0n) is 11.1. The van der Waals surface area contributed by atoms with Crippen LogP contribution >= 0.6 is 27.3 Å². The molecule has 2 heterocycles. The molecule has 21 heavy (non-hydrogen) atoms. The molecule has 2 aromatic rings. The average molecular weight is 366 g/mol. The third-order valence-corrected chi connectivity index (χ3v) is 5.23. The molecule has 0 saturated heterocycles. The van der Waals surface area contributed by atoms with Gasteiger partial charge >= 0.3 is 0 Å². The summed E-state index contributed by atoms with van der Waals surface area (Å²) in [7, 11) is 0. The molecule has 0 unspecified atom stereocenters. The molecule has 0 radical (unpaired) electrons. The number of Topliss-reactive ketones (excluding diaryl/α,β-unsaturated/α-hetero) is 2. The zero-order valence-corrected chi connectivity index (χ0v) is 13.5. The van der Waals surface area contributed by atoms with Gasteiger partial charge in [-0.05, 0) is 47.0 Å². The first kappa shape index (κ1) is 14.4. The number of rotatable bonds is 3. The van der Waals surface area contributed by atoms with E-state index in [1.807, 2.05) is 6.07 Å². The van der Waals surface area contributed by atoms with E-state index in [1.165, 1.54) is 22.0 Å². The van der Waals surface area contributed by atoms with Crippen LogP contribution in [0, 0.1) is 0 Å². The van der Waals surface area contributed by atoms with Crippen LogP contribution in [0.4, 0.5) is 0 Å². The molecule has 0 aromatic carbocycles. The van der Waals surface area contributed by atoms with E-state index < -0.39 is 0 Å². The summed E-state index contributed by atoms with van der Waals surface area (Å²) >= 11 is 4.67. The summed E-state index contributed by atoms with van der Waals surface area (Å²) < 4.78 is 2.32. The van der Waals surface area contributed by atoms with E-state index in [-0.39, 0.29) is 23.7 Å². The lowest BCUT2D eigenvalue weighted by molar-refractivity contribution is 0.0951. The number of fused-ring (bicyclic) bond motifs is 1. The third-order valence-electron chi connectivity index (χ3n) is 3.56. The van der Waals surface area contributed by atoms with Crippen molar-refractivity contribution in [1.29, 1.82) is 0 Å². The van der Waals surface area contributed by atoms with Crippen molar-refractivity contribution in [3.05, 3.63) is 54.5 Å². The van der Waals surface area contributed by atoms with E-state index in [0.29, 0.717) is 29.0 Å². The van der Waals surface area contributed by atoms with Gasteiger partial charge in [0, 0.05) is 23.7 Å². The van der Waals surface area contributed by atoms with Crippen molar-refractivity contribution in [2.75, 3.05) is 0 Å². The van der Waals surface area contributed by atoms with Crippen LogP contribution in [0.5, 0.6) is 0 Å². The molecule has 0 spiro atoms. The summed E-state index contributed by atoms with van der Waals surface area (Å²) in [6, 6.07) is 6.51. The Morgan fingerprint density at radius 1 is 1.19 bits per heavy atom. The van der Waals surface area contributed by atoms with Gasteiger partial charge in [0.2, 0.25) is 0 Å². The third kappa shape index (κ3) is 2.78. The summed E-state index contributed by atoms with van der Waals surface area (Å²) in [5.74, 6) is -0.0597. The first-order valence-electron chi connectivity index (χ1n) is 6.61. The van der Waals surface area contributed by atoms with Crippen molar-refractivity contribution in [3.8, 4) is 0 Å². The van der Waals surface area contributed by atoms with Gasteiger partial charge in [-0.1, -0.05) is 0 Å². The molecular formula is C15H12BrNO3S. The Morgan fingerprint density at radius 3 is 2.71 bits per heavy atom. The second kappa shape index (κ2) is 5.69. The van der Waals surface area contributed by atoms with Crippen LogP contribution in [0.1, 0.15) is 38.6 Å². The van der Waals surface area contributed by atoms with Crippen LogP contribution in [-0.4, -0.2) is 16.1 Å². The minimum Gasteiger partial charge on any atom is -0.304 e. The zero-order chi connectivity index (χ0) is 15.0. The van der Waals surface area contributed by atoms with Crippen molar-refractivity contribution in [1.82, 2.24) is 4.57 Å². The summed E-state index contributed by atoms with van der Waals surface area (Å²) in [4.78, 5) is 36.9. The topological polar surface area (TPSA) is 56.1 Å². The fraction of sp³-hybridized carbons (Fsp3) is 0.267. The number of carbonyl (C=O) groups excluding carboxylic acids is 2. The molecule has 0 atom stereocenters.